The number of fused-ring (bicyclic) bond motifs is 1. The third kappa shape index (κ3) is 2.38. The largest absolute Gasteiger partial charge is 0.461 e. The zero-order chi connectivity index (χ0) is 13.8. The van der Waals surface area contributed by atoms with Crippen LogP contribution in [0.15, 0.2) is 60.0 Å². The van der Waals surface area contributed by atoms with E-state index in [-0.39, 0.29) is 28.0 Å². The van der Waals surface area contributed by atoms with Crippen molar-refractivity contribution in [1.29, 1.82) is 0 Å². The molecule has 0 aromatic heterocycles. The smallest absolute Gasteiger partial charge is 0.246 e. The number of hydrogen-bond acceptors (Lipinski definition) is 2. The molecule has 1 aliphatic rings. The van der Waals surface area contributed by atoms with Crippen molar-refractivity contribution < 1.29 is 10.0 Å². The molecule has 6 heteroatoms. The molecule has 0 saturated heterocycles. The number of hydrogen-bond donors (Lipinski definition) is 2. The Morgan fingerprint density at radius 3 is 2.00 bits per heavy atom. The van der Waals surface area contributed by atoms with Crippen LogP contribution in [0.3, 0.4) is 0 Å². The summed E-state index contributed by atoms with van der Waals surface area (Å²) in [6.07, 6.45) is 5.70. The Balaban J connectivity index is 2.68. The van der Waals surface area contributed by atoms with Crippen LogP contribution >= 0.6 is 0 Å². The van der Waals surface area contributed by atoms with E-state index in [1.54, 1.807) is 6.08 Å². The predicted molar refractivity (Wildman–Crippen MR) is 88.0 cm³/mol. The van der Waals surface area contributed by atoms with Crippen molar-refractivity contribution in [2.75, 3.05) is 0 Å². The Morgan fingerprint density at radius 1 is 1.05 bits per heavy atom. The van der Waals surface area contributed by atoms with E-state index in [4.69, 9.17) is 0 Å². The second kappa shape index (κ2) is 6.18. The Hall–Kier alpha value is -1.38. The first-order valence-electron chi connectivity index (χ1n) is 6.58. The van der Waals surface area contributed by atoms with Crippen molar-refractivity contribution in [3.63, 3.8) is 0 Å². The van der Waals surface area contributed by atoms with Gasteiger partial charge in [-0.2, -0.15) is 0 Å². The molecule has 2 N–H and O–H groups in total. The highest BCUT2D eigenvalue weighted by atomic mass is 16.2. The van der Waals surface area contributed by atoms with Gasteiger partial charge in [0, 0.05) is 0 Å². The summed E-state index contributed by atoms with van der Waals surface area (Å²) < 4.78 is 0. The molecule has 1 aromatic carbocycles. The summed E-state index contributed by atoms with van der Waals surface area (Å²) in [7, 11) is 0.134. The highest BCUT2D eigenvalue weighted by molar-refractivity contribution is 7.30. The lowest BCUT2D eigenvalue weighted by atomic mass is 9.08. The van der Waals surface area contributed by atoms with Gasteiger partial charge in [0.15, 0.2) is 0 Å². The molecule has 0 unspecified atom stereocenters. The first kappa shape index (κ1) is 14.0. The summed E-state index contributed by atoms with van der Waals surface area (Å²) >= 11 is 0. The Kier molecular flexibility index (Phi) is 4.56. The van der Waals surface area contributed by atoms with Gasteiger partial charge in [0.1, 0.15) is 0 Å². The summed E-state index contributed by atoms with van der Waals surface area (Å²) in [6, 6.07) is 8.02. The first-order chi connectivity index (χ1) is 9.28. The minimum atomic E-state index is -0.0387. The summed E-state index contributed by atoms with van der Waals surface area (Å²) in [5.41, 5.74) is 4.35. The van der Waals surface area contributed by atoms with Gasteiger partial charge in [0.25, 0.3) is 0 Å². The lowest BCUT2D eigenvalue weighted by Crippen LogP contribution is -2.61. The second-order valence-electron chi connectivity index (χ2n) is 4.70. The van der Waals surface area contributed by atoms with Crippen molar-refractivity contribution in [2.24, 2.45) is 0 Å². The monoisotopic (exact) mass is 248 g/mol. The summed E-state index contributed by atoms with van der Waals surface area (Å²) in [5, 5.41) is 19.5. The van der Waals surface area contributed by atoms with Crippen molar-refractivity contribution >= 4 is 38.9 Å². The molecule has 0 amide bonds. The molecule has 0 radical (unpaired) electrons. The zero-order valence-electron chi connectivity index (χ0n) is 11.2. The summed E-state index contributed by atoms with van der Waals surface area (Å²) in [6.45, 7) is 5.66. The molecule has 19 heavy (non-hydrogen) atoms. The molecule has 92 valence electrons. The van der Waals surface area contributed by atoms with Gasteiger partial charge in [-0.05, 0) is 6.92 Å². The van der Waals surface area contributed by atoms with Crippen LogP contribution in [-0.4, -0.2) is 38.0 Å². The molecule has 0 saturated carbocycles. The Morgan fingerprint density at radius 2 is 1.58 bits per heavy atom. The highest BCUT2D eigenvalue weighted by Crippen LogP contribution is 2.20. The van der Waals surface area contributed by atoms with Gasteiger partial charge in [0.05, 0.1) is 0 Å². The summed E-state index contributed by atoms with van der Waals surface area (Å²) in [5.74, 6) is 0. The third-order valence-electron chi connectivity index (χ3n) is 3.80. The SMILES string of the molecule is C=C/C=C1/B(BO)c2ccccc2B(BO)/C1=C/C. The standard InChI is InChI=1S/C13H16B4O2/c1-3-7-11-10(4-2)16(14-18)12-8-5-6-9-13(12)17(11)15-19/h3-9,14-15,18-19H,1H2,2H3/b10-4+,11-7+. The number of benzene rings is 1. The van der Waals surface area contributed by atoms with Crippen molar-refractivity contribution in [3.05, 3.63) is 60.0 Å². The van der Waals surface area contributed by atoms with Crippen molar-refractivity contribution in [3.8, 4) is 0 Å². The number of allylic oxidation sites excluding steroid dienone is 5. The van der Waals surface area contributed by atoms with Gasteiger partial charge < -0.3 is 10.0 Å². The maximum Gasteiger partial charge on any atom is 0.246 e. The molecule has 2 nitrogen and oxygen atoms in total. The van der Waals surface area contributed by atoms with E-state index in [1.807, 2.05) is 43.3 Å². The third-order valence-corrected chi connectivity index (χ3v) is 3.80. The van der Waals surface area contributed by atoms with Crippen LogP contribution in [-0.2, 0) is 0 Å². The van der Waals surface area contributed by atoms with Gasteiger partial charge in [-0.15, -0.1) is 0 Å². The molecule has 0 atom stereocenters. The molecule has 2 rings (SSSR count). The first-order valence-corrected chi connectivity index (χ1v) is 6.58. The average molecular weight is 248 g/mol. The second-order valence-corrected chi connectivity index (χ2v) is 4.70. The molecule has 1 heterocycles. The highest BCUT2D eigenvalue weighted by Gasteiger charge is 2.38. The van der Waals surface area contributed by atoms with E-state index in [1.165, 1.54) is 0 Å². The summed E-state index contributed by atoms with van der Waals surface area (Å²) in [4.78, 5) is 0. The maximum atomic E-state index is 9.74. The number of rotatable bonds is 3. The molecule has 0 spiro atoms. The van der Waals surface area contributed by atoms with Crippen LogP contribution in [0.5, 0.6) is 0 Å². The van der Waals surface area contributed by atoms with E-state index in [0.717, 1.165) is 21.9 Å². The maximum absolute atomic E-state index is 9.74. The van der Waals surface area contributed by atoms with Crippen LogP contribution in [0.25, 0.3) is 0 Å². The van der Waals surface area contributed by atoms with Crippen LogP contribution in [0.2, 0.25) is 0 Å². The molecule has 1 aromatic rings. The fourth-order valence-electron chi connectivity index (χ4n) is 2.98. The van der Waals surface area contributed by atoms with Crippen LogP contribution in [0, 0.1) is 0 Å². The minimum Gasteiger partial charge on any atom is -0.461 e. The Bertz CT molecular complexity index is 539. The Labute approximate surface area is 116 Å². The topological polar surface area (TPSA) is 40.5 Å². The lowest BCUT2D eigenvalue weighted by Gasteiger charge is -2.31. The van der Waals surface area contributed by atoms with Crippen LogP contribution in [0.4, 0.5) is 0 Å². The minimum absolute atomic E-state index is 0.0183. The quantitative estimate of drug-likeness (QED) is 0.668. The molecule has 0 aliphatic carbocycles. The fraction of sp³-hybridized carbons (Fsp3) is 0.0769. The van der Waals surface area contributed by atoms with Crippen molar-refractivity contribution in [1.82, 2.24) is 0 Å². The van der Waals surface area contributed by atoms with Crippen LogP contribution < -0.4 is 10.9 Å². The van der Waals surface area contributed by atoms with E-state index >= 15 is 0 Å². The van der Waals surface area contributed by atoms with Crippen molar-refractivity contribution in [2.45, 2.75) is 6.92 Å². The average Bonchev–Trinajstić information content (AvgIpc) is 2.46. The van der Waals surface area contributed by atoms with E-state index in [2.05, 4.69) is 6.58 Å². The lowest BCUT2D eigenvalue weighted by molar-refractivity contribution is 0.619. The molecule has 0 bridgehead atoms. The normalized spacial score (nSPS) is 18.5. The molecular formula is C13H16B4O2. The zero-order valence-corrected chi connectivity index (χ0v) is 11.2. The van der Waals surface area contributed by atoms with Gasteiger partial charge >= 0.3 is 0 Å². The molecule has 0 fully saturated rings. The van der Waals surface area contributed by atoms with Gasteiger partial charge in [-0.1, -0.05) is 70.9 Å². The van der Waals surface area contributed by atoms with E-state index < -0.39 is 0 Å². The predicted octanol–water partition coefficient (Wildman–Crippen LogP) is -1.08. The van der Waals surface area contributed by atoms with Gasteiger partial charge in [-0.25, -0.2) is 0 Å². The molecule has 1 aliphatic heterocycles. The fourth-order valence-corrected chi connectivity index (χ4v) is 2.98. The van der Waals surface area contributed by atoms with Gasteiger partial charge in [-0.3, -0.25) is 0 Å². The van der Waals surface area contributed by atoms with E-state index in [9.17, 15) is 10.0 Å². The van der Waals surface area contributed by atoms with Gasteiger partial charge in [0.2, 0.25) is 28.0 Å². The van der Waals surface area contributed by atoms with Crippen LogP contribution in [0.1, 0.15) is 6.92 Å². The molecular weight excluding hydrogens is 231 g/mol. The van der Waals surface area contributed by atoms with E-state index in [0.29, 0.717) is 0 Å².